The summed E-state index contributed by atoms with van der Waals surface area (Å²) in [5, 5.41) is 5.11. The summed E-state index contributed by atoms with van der Waals surface area (Å²) in [6, 6.07) is 20.0. The Balaban J connectivity index is 1.84. The molecular formula is C19H21NS. The monoisotopic (exact) mass is 295 g/mol. The fraction of sp³-hybridized carbons (Fsp3) is 0.263. The molecule has 1 aromatic heterocycles. The summed E-state index contributed by atoms with van der Waals surface area (Å²) >= 11 is 1.91. The molecule has 1 unspecified atom stereocenters. The molecule has 2 heteroatoms. The number of nitrogens with one attached hydrogen (secondary N) is 1. The number of hydrogen-bond acceptors (Lipinski definition) is 2. The molecule has 1 N–H and O–H groups in total. The van der Waals surface area contributed by atoms with Crippen LogP contribution in [0.3, 0.4) is 0 Å². The highest BCUT2D eigenvalue weighted by Crippen LogP contribution is 2.35. The topological polar surface area (TPSA) is 12.0 Å². The molecule has 0 aliphatic carbocycles. The summed E-state index contributed by atoms with van der Waals surface area (Å²) in [6.45, 7) is 6.73. The van der Waals surface area contributed by atoms with Crippen LogP contribution in [0.4, 0.5) is 0 Å². The van der Waals surface area contributed by atoms with Gasteiger partial charge in [-0.15, -0.1) is 11.3 Å². The van der Waals surface area contributed by atoms with Crippen LogP contribution in [0.2, 0.25) is 0 Å². The van der Waals surface area contributed by atoms with Crippen LogP contribution in [-0.2, 0) is 0 Å². The average Bonchev–Trinajstić information content (AvgIpc) is 2.86. The molecule has 0 spiro atoms. The van der Waals surface area contributed by atoms with Crippen LogP contribution in [0, 0.1) is 6.92 Å². The van der Waals surface area contributed by atoms with E-state index in [1.54, 1.807) is 0 Å². The van der Waals surface area contributed by atoms with Crippen LogP contribution < -0.4 is 5.32 Å². The fourth-order valence-corrected chi connectivity index (χ4v) is 4.12. The lowest BCUT2D eigenvalue weighted by molar-refractivity contribution is 0.499. The summed E-state index contributed by atoms with van der Waals surface area (Å²) < 4.78 is 1.38. The van der Waals surface area contributed by atoms with Crippen LogP contribution in [0.1, 0.15) is 41.9 Å². The van der Waals surface area contributed by atoms with Crippen molar-refractivity contribution in [2.75, 3.05) is 0 Å². The first-order chi connectivity index (χ1) is 10.2. The molecule has 21 heavy (non-hydrogen) atoms. The largest absolute Gasteiger partial charge is 0.303 e. The van der Waals surface area contributed by atoms with Crippen molar-refractivity contribution in [1.82, 2.24) is 5.32 Å². The van der Waals surface area contributed by atoms with Gasteiger partial charge in [-0.3, -0.25) is 0 Å². The number of rotatable bonds is 4. The Morgan fingerprint density at radius 3 is 2.24 bits per heavy atom. The number of thiophene rings is 1. The minimum Gasteiger partial charge on any atom is -0.303 e. The maximum absolute atomic E-state index is 3.72. The molecule has 0 saturated heterocycles. The van der Waals surface area contributed by atoms with Gasteiger partial charge in [-0.1, -0.05) is 48.5 Å². The van der Waals surface area contributed by atoms with Gasteiger partial charge in [0.25, 0.3) is 0 Å². The lowest BCUT2D eigenvalue weighted by atomic mass is 10.1. The van der Waals surface area contributed by atoms with Crippen molar-refractivity contribution in [1.29, 1.82) is 0 Å². The summed E-state index contributed by atoms with van der Waals surface area (Å²) in [7, 11) is 0. The molecule has 3 rings (SSSR count). The van der Waals surface area contributed by atoms with Gasteiger partial charge in [0, 0.05) is 21.7 Å². The van der Waals surface area contributed by atoms with Gasteiger partial charge in [-0.2, -0.15) is 0 Å². The van der Waals surface area contributed by atoms with Gasteiger partial charge in [-0.05, 0) is 43.4 Å². The van der Waals surface area contributed by atoms with Gasteiger partial charge in [0.2, 0.25) is 0 Å². The van der Waals surface area contributed by atoms with E-state index in [1.165, 1.54) is 26.1 Å². The molecule has 2 aromatic carbocycles. The Hall–Kier alpha value is -1.64. The van der Waals surface area contributed by atoms with E-state index in [4.69, 9.17) is 0 Å². The Labute approximate surface area is 130 Å². The van der Waals surface area contributed by atoms with Crippen LogP contribution in [0.25, 0.3) is 10.1 Å². The van der Waals surface area contributed by atoms with E-state index >= 15 is 0 Å². The van der Waals surface area contributed by atoms with Gasteiger partial charge >= 0.3 is 0 Å². The van der Waals surface area contributed by atoms with Crippen LogP contribution in [0.15, 0.2) is 54.6 Å². The molecule has 0 radical (unpaired) electrons. The molecule has 2 atom stereocenters. The van der Waals surface area contributed by atoms with Crippen LogP contribution in [-0.4, -0.2) is 0 Å². The molecular weight excluding hydrogens is 274 g/mol. The molecule has 0 amide bonds. The van der Waals surface area contributed by atoms with Crippen molar-refractivity contribution >= 4 is 21.4 Å². The number of fused-ring (bicyclic) bond motifs is 1. The van der Waals surface area contributed by atoms with Crippen molar-refractivity contribution in [3.05, 3.63) is 70.6 Å². The third-order valence-electron chi connectivity index (χ3n) is 4.07. The zero-order chi connectivity index (χ0) is 14.8. The second-order valence-corrected chi connectivity index (χ2v) is 6.69. The maximum atomic E-state index is 3.72. The van der Waals surface area contributed by atoms with E-state index in [2.05, 4.69) is 80.7 Å². The van der Waals surface area contributed by atoms with Gasteiger partial charge in [0.05, 0.1) is 0 Å². The molecule has 0 aliphatic heterocycles. The van der Waals surface area contributed by atoms with E-state index in [0.717, 1.165) is 0 Å². The molecule has 108 valence electrons. The van der Waals surface area contributed by atoms with Crippen molar-refractivity contribution in [3.8, 4) is 0 Å². The minimum atomic E-state index is 0.353. The third-order valence-corrected chi connectivity index (χ3v) is 5.53. The van der Waals surface area contributed by atoms with Crippen molar-refractivity contribution < 1.29 is 0 Å². The SMILES string of the molecule is Cc1c(C(C)N[C@H](C)c2ccccc2)sc2ccccc12. The Morgan fingerprint density at radius 2 is 1.52 bits per heavy atom. The standard InChI is InChI=1S/C19H21NS/c1-13-17-11-7-8-12-18(17)21-19(13)15(3)20-14(2)16-9-5-4-6-10-16/h4-12,14-15,20H,1-3H3/t14-,15?/m1/s1. The number of aryl methyl sites for hydroxylation is 1. The highest BCUT2D eigenvalue weighted by Gasteiger charge is 2.16. The van der Waals surface area contributed by atoms with Crippen molar-refractivity contribution in [2.24, 2.45) is 0 Å². The highest BCUT2D eigenvalue weighted by molar-refractivity contribution is 7.19. The first-order valence-electron chi connectivity index (χ1n) is 7.46. The molecule has 0 aliphatic rings. The second kappa shape index (κ2) is 6.00. The molecule has 0 bridgehead atoms. The van der Waals surface area contributed by atoms with E-state index < -0.39 is 0 Å². The third kappa shape index (κ3) is 2.87. The summed E-state index contributed by atoms with van der Waals surface area (Å²) in [4.78, 5) is 1.44. The van der Waals surface area contributed by atoms with Crippen LogP contribution in [0.5, 0.6) is 0 Å². The van der Waals surface area contributed by atoms with E-state index in [1.807, 2.05) is 11.3 Å². The lowest BCUT2D eigenvalue weighted by Crippen LogP contribution is -2.22. The Bertz CT molecular complexity index is 730. The van der Waals surface area contributed by atoms with Crippen LogP contribution >= 0.6 is 11.3 Å². The first kappa shape index (κ1) is 14.3. The fourth-order valence-electron chi connectivity index (χ4n) is 2.89. The average molecular weight is 295 g/mol. The van der Waals surface area contributed by atoms with E-state index in [0.29, 0.717) is 12.1 Å². The summed E-state index contributed by atoms with van der Waals surface area (Å²) in [5.41, 5.74) is 2.75. The lowest BCUT2D eigenvalue weighted by Gasteiger charge is -2.20. The molecule has 3 aromatic rings. The Morgan fingerprint density at radius 1 is 0.857 bits per heavy atom. The molecule has 1 nitrogen and oxygen atoms in total. The summed E-state index contributed by atoms with van der Waals surface area (Å²) in [5.74, 6) is 0. The normalized spacial score (nSPS) is 14.2. The number of hydrogen-bond donors (Lipinski definition) is 1. The quantitative estimate of drug-likeness (QED) is 0.658. The van der Waals surface area contributed by atoms with Gasteiger partial charge in [0.1, 0.15) is 0 Å². The van der Waals surface area contributed by atoms with Gasteiger partial charge < -0.3 is 5.32 Å². The number of benzene rings is 2. The maximum Gasteiger partial charge on any atom is 0.0394 e. The van der Waals surface area contributed by atoms with Gasteiger partial charge in [-0.25, -0.2) is 0 Å². The second-order valence-electron chi connectivity index (χ2n) is 5.61. The molecule has 1 heterocycles. The minimum absolute atomic E-state index is 0.353. The zero-order valence-corrected chi connectivity index (χ0v) is 13.6. The zero-order valence-electron chi connectivity index (χ0n) is 12.8. The predicted octanol–water partition coefficient (Wildman–Crippen LogP) is 5.62. The predicted molar refractivity (Wildman–Crippen MR) is 93.0 cm³/mol. The smallest absolute Gasteiger partial charge is 0.0394 e. The molecule has 0 fully saturated rings. The highest BCUT2D eigenvalue weighted by atomic mass is 32.1. The van der Waals surface area contributed by atoms with E-state index in [-0.39, 0.29) is 0 Å². The van der Waals surface area contributed by atoms with Crippen molar-refractivity contribution in [3.63, 3.8) is 0 Å². The Kier molecular flexibility index (Phi) is 4.09. The molecule has 0 saturated carbocycles. The summed E-state index contributed by atoms with van der Waals surface area (Å²) in [6.07, 6.45) is 0. The van der Waals surface area contributed by atoms with Gasteiger partial charge in [0.15, 0.2) is 0 Å². The van der Waals surface area contributed by atoms with E-state index in [9.17, 15) is 0 Å². The van der Waals surface area contributed by atoms with Crippen molar-refractivity contribution in [2.45, 2.75) is 32.9 Å². The first-order valence-corrected chi connectivity index (χ1v) is 8.27.